The third-order valence-corrected chi connectivity index (χ3v) is 10.4. The third-order valence-electron chi connectivity index (χ3n) is 7.27. The van der Waals surface area contributed by atoms with E-state index in [-0.39, 0.29) is 23.4 Å². The molecule has 3 heterocycles. The molecule has 37 heavy (non-hydrogen) atoms. The maximum absolute atomic E-state index is 12.9. The standard InChI is InChI=1S/C27H31N3O5S2/c31-25(28-19-10-12-21(13-11-19)37(34,35)30-15-4-1-5-16-30)18-29-14-6-7-20(29)17-23-22-8-2-3-9-24(22)36-26(23)27(32)33/h2-3,8-13,20H,1,4-7,14-18H2,(H,28,31)(H,32,33)/t20-/m1/s1. The van der Waals surface area contributed by atoms with E-state index in [9.17, 15) is 23.1 Å². The average Bonchev–Trinajstić information content (AvgIpc) is 3.49. The topological polar surface area (TPSA) is 107 Å². The van der Waals surface area contributed by atoms with Crippen molar-refractivity contribution in [2.75, 3.05) is 31.5 Å². The maximum Gasteiger partial charge on any atom is 0.346 e. The molecule has 0 aliphatic carbocycles. The number of hydrogen-bond donors (Lipinski definition) is 2. The smallest absolute Gasteiger partial charge is 0.346 e. The number of likely N-dealkylation sites (tertiary alicyclic amines) is 1. The number of nitrogens with one attached hydrogen (secondary N) is 1. The monoisotopic (exact) mass is 541 g/mol. The molecule has 0 spiro atoms. The van der Waals surface area contributed by atoms with Gasteiger partial charge in [-0.15, -0.1) is 11.3 Å². The van der Waals surface area contributed by atoms with E-state index in [1.54, 1.807) is 24.3 Å². The lowest BCUT2D eigenvalue weighted by molar-refractivity contribution is -0.117. The zero-order valence-corrected chi connectivity index (χ0v) is 22.2. The third kappa shape index (κ3) is 5.57. The Morgan fingerprint density at radius 3 is 2.43 bits per heavy atom. The molecule has 1 amide bonds. The molecule has 5 rings (SSSR count). The summed E-state index contributed by atoms with van der Waals surface area (Å²) in [5.74, 6) is -1.09. The molecule has 196 valence electrons. The van der Waals surface area contributed by atoms with Gasteiger partial charge in [-0.2, -0.15) is 4.31 Å². The number of thiophene rings is 1. The summed E-state index contributed by atoms with van der Waals surface area (Å²) in [6.07, 6.45) is 5.25. The number of carbonyl (C=O) groups excluding carboxylic acids is 1. The highest BCUT2D eigenvalue weighted by Gasteiger charge is 2.30. The number of rotatable bonds is 8. The van der Waals surface area contributed by atoms with Gasteiger partial charge in [-0.1, -0.05) is 24.6 Å². The minimum Gasteiger partial charge on any atom is -0.477 e. The van der Waals surface area contributed by atoms with Crippen LogP contribution in [-0.2, 0) is 21.2 Å². The van der Waals surface area contributed by atoms with E-state index in [1.165, 1.54) is 15.6 Å². The Morgan fingerprint density at radius 1 is 0.973 bits per heavy atom. The van der Waals surface area contributed by atoms with Crippen molar-refractivity contribution in [1.82, 2.24) is 9.21 Å². The van der Waals surface area contributed by atoms with Crippen LogP contribution in [0.15, 0.2) is 53.4 Å². The minimum absolute atomic E-state index is 0.0823. The lowest BCUT2D eigenvalue weighted by Crippen LogP contribution is -2.38. The summed E-state index contributed by atoms with van der Waals surface area (Å²) in [6.45, 7) is 2.07. The summed E-state index contributed by atoms with van der Waals surface area (Å²) in [4.78, 5) is 27.5. The lowest BCUT2D eigenvalue weighted by atomic mass is 10.0. The molecule has 2 N–H and O–H groups in total. The van der Waals surface area contributed by atoms with Crippen molar-refractivity contribution in [2.24, 2.45) is 0 Å². The van der Waals surface area contributed by atoms with Crippen molar-refractivity contribution in [3.05, 3.63) is 59.0 Å². The van der Waals surface area contributed by atoms with Crippen molar-refractivity contribution in [1.29, 1.82) is 0 Å². The van der Waals surface area contributed by atoms with Crippen LogP contribution in [0.5, 0.6) is 0 Å². The summed E-state index contributed by atoms with van der Waals surface area (Å²) in [7, 11) is -3.51. The highest BCUT2D eigenvalue weighted by atomic mass is 32.2. The number of benzene rings is 2. The second-order valence-electron chi connectivity index (χ2n) is 9.72. The number of carbonyl (C=O) groups is 2. The van der Waals surface area contributed by atoms with Gasteiger partial charge in [0.05, 0.1) is 11.4 Å². The quantitative estimate of drug-likeness (QED) is 0.437. The van der Waals surface area contributed by atoms with E-state index in [1.807, 2.05) is 24.3 Å². The molecule has 2 aliphatic heterocycles. The van der Waals surface area contributed by atoms with E-state index >= 15 is 0 Å². The van der Waals surface area contributed by atoms with Gasteiger partial charge in [0.15, 0.2) is 0 Å². The molecule has 0 unspecified atom stereocenters. The van der Waals surface area contributed by atoms with Crippen LogP contribution in [0, 0.1) is 0 Å². The van der Waals surface area contributed by atoms with Gasteiger partial charge in [-0.05, 0) is 79.9 Å². The van der Waals surface area contributed by atoms with Crippen LogP contribution >= 0.6 is 11.3 Å². The molecule has 1 aromatic heterocycles. The summed E-state index contributed by atoms with van der Waals surface area (Å²) < 4.78 is 28.2. The van der Waals surface area contributed by atoms with E-state index in [4.69, 9.17) is 0 Å². The van der Waals surface area contributed by atoms with Crippen molar-refractivity contribution < 1.29 is 23.1 Å². The van der Waals surface area contributed by atoms with Gasteiger partial charge in [-0.25, -0.2) is 13.2 Å². The van der Waals surface area contributed by atoms with E-state index in [0.29, 0.717) is 30.1 Å². The van der Waals surface area contributed by atoms with Gasteiger partial charge in [0.1, 0.15) is 4.88 Å². The number of sulfonamides is 1. The molecule has 0 saturated carbocycles. The number of fused-ring (bicyclic) bond motifs is 1. The fourth-order valence-electron chi connectivity index (χ4n) is 5.39. The van der Waals surface area contributed by atoms with Crippen LogP contribution in [0.25, 0.3) is 10.1 Å². The van der Waals surface area contributed by atoms with Crippen LogP contribution in [0.3, 0.4) is 0 Å². The second-order valence-corrected chi connectivity index (χ2v) is 12.7. The van der Waals surface area contributed by atoms with Gasteiger partial charge in [0.25, 0.3) is 0 Å². The first-order valence-corrected chi connectivity index (χ1v) is 15.0. The number of carboxylic acids is 1. The Bertz CT molecular complexity index is 1400. The van der Waals surface area contributed by atoms with Gasteiger partial charge in [0, 0.05) is 29.5 Å². The number of amides is 1. The molecule has 8 nitrogen and oxygen atoms in total. The Balaban J connectivity index is 1.23. The Labute approximate surface area is 220 Å². The predicted molar refractivity (Wildman–Crippen MR) is 145 cm³/mol. The van der Waals surface area contributed by atoms with E-state index in [2.05, 4.69) is 10.2 Å². The van der Waals surface area contributed by atoms with Crippen LogP contribution in [0.1, 0.15) is 47.3 Å². The van der Waals surface area contributed by atoms with Crippen LogP contribution in [0.4, 0.5) is 5.69 Å². The first kappa shape index (κ1) is 25.8. The molecular weight excluding hydrogens is 510 g/mol. The van der Waals surface area contributed by atoms with Gasteiger partial charge < -0.3 is 10.4 Å². The normalized spacial score (nSPS) is 19.3. The molecule has 2 aliphatic rings. The summed E-state index contributed by atoms with van der Waals surface area (Å²) in [6, 6.07) is 14.2. The van der Waals surface area contributed by atoms with Crippen LogP contribution in [0.2, 0.25) is 0 Å². The van der Waals surface area contributed by atoms with Crippen molar-refractivity contribution in [2.45, 2.75) is 49.5 Å². The van der Waals surface area contributed by atoms with Gasteiger partial charge in [-0.3, -0.25) is 9.69 Å². The average molecular weight is 542 g/mol. The number of hydrogen-bond acceptors (Lipinski definition) is 6. The fourth-order valence-corrected chi connectivity index (χ4v) is 7.98. The molecule has 0 radical (unpaired) electrons. The minimum atomic E-state index is -3.51. The number of piperidine rings is 1. The SMILES string of the molecule is O=C(CN1CCC[C@@H]1Cc1c(C(=O)O)sc2ccccc12)Nc1ccc(S(=O)(=O)N2CCCCC2)cc1. The van der Waals surface area contributed by atoms with Gasteiger partial charge in [0.2, 0.25) is 15.9 Å². The van der Waals surface area contributed by atoms with Crippen molar-refractivity contribution in [3.8, 4) is 0 Å². The molecule has 10 heteroatoms. The highest BCUT2D eigenvalue weighted by molar-refractivity contribution is 7.89. The zero-order valence-electron chi connectivity index (χ0n) is 20.6. The molecule has 2 saturated heterocycles. The second kappa shape index (κ2) is 10.9. The first-order valence-electron chi connectivity index (χ1n) is 12.7. The lowest BCUT2D eigenvalue weighted by Gasteiger charge is -2.26. The predicted octanol–water partition coefficient (Wildman–Crippen LogP) is 4.42. The molecule has 2 fully saturated rings. The maximum atomic E-state index is 12.9. The first-order chi connectivity index (χ1) is 17.8. The number of anilines is 1. The fraction of sp³-hybridized carbons (Fsp3) is 0.407. The summed E-state index contributed by atoms with van der Waals surface area (Å²) >= 11 is 1.30. The summed E-state index contributed by atoms with van der Waals surface area (Å²) in [5.41, 5.74) is 1.39. The van der Waals surface area contributed by atoms with Crippen molar-refractivity contribution >= 4 is 49.0 Å². The Kier molecular flexibility index (Phi) is 7.62. The number of nitrogens with zero attached hydrogens (tertiary/aromatic N) is 2. The van der Waals surface area contributed by atoms with Crippen LogP contribution < -0.4 is 5.32 Å². The molecule has 2 aromatic carbocycles. The van der Waals surface area contributed by atoms with E-state index in [0.717, 1.165) is 54.3 Å². The number of carboxylic acid groups (broad SMARTS) is 1. The van der Waals surface area contributed by atoms with Crippen LogP contribution in [-0.4, -0.2) is 66.8 Å². The molecular formula is C27H31N3O5S2. The molecule has 0 bridgehead atoms. The largest absolute Gasteiger partial charge is 0.477 e. The zero-order chi connectivity index (χ0) is 26.0. The van der Waals surface area contributed by atoms with Gasteiger partial charge >= 0.3 is 5.97 Å². The highest BCUT2D eigenvalue weighted by Crippen LogP contribution is 2.34. The summed E-state index contributed by atoms with van der Waals surface area (Å²) in [5, 5.41) is 13.6. The molecule has 3 aromatic rings. The van der Waals surface area contributed by atoms with Crippen molar-refractivity contribution in [3.63, 3.8) is 0 Å². The Hall–Kier alpha value is -2.79. The molecule has 1 atom stereocenters. The number of aromatic carboxylic acids is 1. The van der Waals surface area contributed by atoms with E-state index < -0.39 is 16.0 Å². The Morgan fingerprint density at radius 2 is 1.70 bits per heavy atom.